The summed E-state index contributed by atoms with van der Waals surface area (Å²) in [6.07, 6.45) is 2.44. The van der Waals surface area contributed by atoms with E-state index in [-0.39, 0.29) is 18.1 Å². The summed E-state index contributed by atoms with van der Waals surface area (Å²) < 4.78 is 8.48. The Labute approximate surface area is 143 Å². The Morgan fingerprint density at radius 1 is 1.48 bits per heavy atom. The van der Waals surface area contributed by atoms with Crippen LogP contribution in [0.25, 0.3) is 0 Å². The van der Waals surface area contributed by atoms with Gasteiger partial charge in [0, 0.05) is 29.7 Å². The number of pyridine rings is 1. The summed E-state index contributed by atoms with van der Waals surface area (Å²) in [7, 11) is 1.85. The van der Waals surface area contributed by atoms with Crippen molar-refractivity contribution in [3.63, 3.8) is 0 Å². The van der Waals surface area contributed by atoms with E-state index in [1.54, 1.807) is 10.9 Å². The van der Waals surface area contributed by atoms with Crippen molar-refractivity contribution in [3.05, 3.63) is 45.4 Å². The summed E-state index contributed by atoms with van der Waals surface area (Å²) >= 11 is 3.34. The third-order valence-corrected chi connectivity index (χ3v) is 4.41. The average molecular weight is 379 g/mol. The molecule has 0 fully saturated rings. The molecule has 122 valence electrons. The molecule has 3 rings (SSSR count). The molecule has 0 unspecified atom stereocenters. The highest BCUT2D eigenvalue weighted by Gasteiger charge is 2.31. The summed E-state index contributed by atoms with van der Waals surface area (Å²) in [5.74, 6) is -0.173. The van der Waals surface area contributed by atoms with Crippen LogP contribution < -0.4 is 5.32 Å². The van der Waals surface area contributed by atoms with Crippen LogP contribution in [-0.4, -0.2) is 26.8 Å². The Hall–Kier alpha value is -1.73. The molecule has 2 aromatic rings. The molecule has 0 saturated carbocycles. The van der Waals surface area contributed by atoms with E-state index in [2.05, 4.69) is 31.3 Å². The smallest absolute Gasteiger partial charge is 0.272 e. The van der Waals surface area contributed by atoms with E-state index in [1.807, 2.05) is 33.0 Å². The molecule has 1 N–H and O–H groups in total. The predicted molar refractivity (Wildman–Crippen MR) is 89.0 cm³/mol. The number of carbonyl (C=O) groups is 1. The van der Waals surface area contributed by atoms with Crippen LogP contribution in [0.3, 0.4) is 0 Å². The van der Waals surface area contributed by atoms with E-state index in [4.69, 9.17) is 4.74 Å². The quantitative estimate of drug-likeness (QED) is 0.890. The van der Waals surface area contributed by atoms with Gasteiger partial charge < -0.3 is 10.1 Å². The number of ether oxygens (including phenoxy) is 1. The van der Waals surface area contributed by atoms with Crippen molar-refractivity contribution in [2.75, 3.05) is 0 Å². The maximum Gasteiger partial charge on any atom is 0.272 e. The first-order chi connectivity index (χ1) is 11.0. The van der Waals surface area contributed by atoms with Gasteiger partial charge in [-0.15, -0.1) is 0 Å². The minimum Gasteiger partial charge on any atom is -0.369 e. The third kappa shape index (κ3) is 3.30. The topological polar surface area (TPSA) is 69.0 Å². The van der Waals surface area contributed by atoms with Crippen LogP contribution in [0.15, 0.2) is 22.8 Å². The molecule has 0 bridgehead atoms. The first kappa shape index (κ1) is 16.1. The SMILES string of the molecule is C[C@@H]1Cc2c(C(=O)NCc3ccc(Br)cn3)nn(C)c2[C@H](C)O1. The number of nitrogens with one attached hydrogen (secondary N) is 1. The molecule has 23 heavy (non-hydrogen) atoms. The lowest BCUT2D eigenvalue weighted by Crippen LogP contribution is -2.27. The molecule has 0 aliphatic carbocycles. The Balaban J connectivity index is 1.78. The molecule has 3 heterocycles. The van der Waals surface area contributed by atoms with E-state index in [0.717, 1.165) is 21.4 Å². The van der Waals surface area contributed by atoms with Gasteiger partial charge in [-0.2, -0.15) is 5.10 Å². The van der Waals surface area contributed by atoms with E-state index in [0.29, 0.717) is 18.7 Å². The van der Waals surface area contributed by atoms with Gasteiger partial charge in [0.2, 0.25) is 0 Å². The zero-order chi connectivity index (χ0) is 16.6. The third-order valence-electron chi connectivity index (χ3n) is 3.94. The van der Waals surface area contributed by atoms with Crippen molar-refractivity contribution in [3.8, 4) is 0 Å². The number of hydrogen-bond donors (Lipinski definition) is 1. The monoisotopic (exact) mass is 378 g/mol. The Kier molecular flexibility index (Phi) is 4.50. The highest BCUT2D eigenvalue weighted by molar-refractivity contribution is 9.10. The van der Waals surface area contributed by atoms with Crippen molar-refractivity contribution >= 4 is 21.8 Å². The van der Waals surface area contributed by atoms with Crippen LogP contribution in [0.5, 0.6) is 0 Å². The molecule has 2 aromatic heterocycles. The second-order valence-corrected chi connectivity index (χ2v) is 6.70. The Bertz CT molecular complexity index is 726. The minimum atomic E-state index is -0.173. The molecule has 7 heteroatoms. The van der Waals surface area contributed by atoms with Crippen LogP contribution in [0.2, 0.25) is 0 Å². The molecule has 2 atom stereocenters. The van der Waals surface area contributed by atoms with Gasteiger partial charge in [-0.05, 0) is 41.9 Å². The molecule has 1 aliphatic rings. The largest absolute Gasteiger partial charge is 0.369 e. The van der Waals surface area contributed by atoms with Crippen LogP contribution in [-0.2, 0) is 24.8 Å². The molecule has 1 amide bonds. The summed E-state index contributed by atoms with van der Waals surface area (Å²) in [6, 6.07) is 3.77. The normalized spacial score (nSPS) is 20.2. The molecule has 1 aliphatic heterocycles. The summed E-state index contributed by atoms with van der Waals surface area (Å²) in [5.41, 5.74) is 3.26. The predicted octanol–water partition coefficient (Wildman–Crippen LogP) is 2.53. The maximum atomic E-state index is 12.5. The van der Waals surface area contributed by atoms with E-state index in [1.165, 1.54) is 0 Å². The number of amides is 1. The summed E-state index contributed by atoms with van der Waals surface area (Å²) in [5, 5.41) is 7.29. The van der Waals surface area contributed by atoms with Gasteiger partial charge in [-0.25, -0.2) is 0 Å². The maximum absolute atomic E-state index is 12.5. The van der Waals surface area contributed by atoms with E-state index in [9.17, 15) is 4.79 Å². The number of hydrogen-bond acceptors (Lipinski definition) is 4. The Morgan fingerprint density at radius 2 is 2.26 bits per heavy atom. The number of halogens is 1. The lowest BCUT2D eigenvalue weighted by Gasteiger charge is -2.26. The van der Waals surface area contributed by atoms with Crippen LogP contribution in [0.1, 0.15) is 47.4 Å². The van der Waals surface area contributed by atoms with Gasteiger partial charge in [0.15, 0.2) is 5.69 Å². The lowest BCUT2D eigenvalue weighted by atomic mass is 9.99. The first-order valence-corrected chi connectivity index (χ1v) is 8.35. The minimum absolute atomic E-state index is 0.0547. The van der Waals surface area contributed by atoms with Gasteiger partial charge in [0.1, 0.15) is 0 Å². The Morgan fingerprint density at radius 3 is 2.96 bits per heavy atom. The second-order valence-electron chi connectivity index (χ2n) is 5.78. The number of nitrogens with zero attached hydrogens (tertiary/aromatic N) is 3. The number of fused-ring (bicyclic) bond motifs is 1. The second kappa shape index (κ2) is 6.41. The molecule has 6 nitrogen and oxygen atoms in total. The standard InChI is InChI=1S/C16H19BrN4O2/c1-9-6-13-14(20-21(3)15(13)10(2)23-9)16(22)19-8-12-5-4-11(17)7-18-12/h4-5,7,9-10H,6,8H2,1-3H3,(H,19,22)/t9-,10+/m1/s1. The first-order valence-electron chi connectivity index (χ1n) is 7.55. The van der Waals surface area contributed by atoms with Gasteiger partial charge >= 0.3 is 0 Å². The van der Waals surface area contributed by atoms with E-state index < -0.39 is 0 Å². The van der Waals surface area contributed by atoms with Crippen molar-refractivity contribution in [1.82, 2.24) is 20.1 Å². The molecule has 0 spiro atoms. The van der Waals surface area contributed by atoms with Crippen molar-refractivity contribution in [2.45, 2.75) is 39.0 Å². The molecule has 0 radical (unpaired) electrons. The van der Waals surface area contributed by atoms with Crippen LogP contribution in [0.4, 0.5) is 0 Å². The molecule has 0 aromatic carbocycles. The number of aromatic nitrogens is 3. The van der Waals surface area contributed by atoms with Crippen LogP contribution >= 0.6 is 15.9 Å². The fourth-order valence-corrected chi connectivity index (χ4v) is 3.22. The fourth-order valence-electron chi connectivity index (χ4n) is 2.99. The number of rotatable bonds is 3. The zero-order valence-corrected chi connectivity index (χ0v) is 14.9. The molecular weight excluding hydrogens is 360 g/mol. The highest BCUT2D eigenvalue weighted by Crippen LogP contribution is 2.31. The number of carbonyl (C=O) groups excluding carboxylic acids is 1. The summed E-state index contributed by atoms with van der Waals surface area (Å²) in [4.78, 5) is 16.8. The van der Waals surface area contributed by atoms with E-state index >= 15 is 0 Å². The van der Waals surface area contributed by atoms with Crippen LogP contribution in [0, 0.1) is 0 Å². The highest BCUT2D eigenvalue weighted by atomic mass is 79.9. The van der Waals surface area contributed by atoms with Crippen molar-refractivity contribution < 1.29 is 9.53 Å². The van der Waals surface area contributed by atoms with Crippen molar-refractivity contribution in [2.24, 2.45) is 7.05 Å². The van der Waals surface area contributed by atoms with Gasteiger partial charge in [0.05, 0.1) is 30.1 Å². The zero-order valence-electron chi connectivity index (χ0n) is 13.3. The molecule has 0 saturated heterocycles. The number of aryl methyl sites for hydroxylation is 1. The molecular formula is C16H19BrN4O2. The van der Waals surface area contributed by atoms with Gasteiger partial charge in [-0.3, -0.25) is 14.5 Å². The van der Waals surface area contributed by atoms with Gasteiger partial charge in [-0.1, -0.05) is 0 Å². The lowest BCUT2D eigenvalue weighted by molar-refractivity contribution is -0.00903. The summed E-state index contributed by atoms with van der Waals surface area (Å²) in [6.45, 7) is 4.38. The fraction of sp³-hybridized carbons (Fsp3) is 0.438. The van der Waals surface area contributed by atoms with Gasteiger partial charge in [0.25, 0.3) is 5.91 Å². The average Bonchev–Trinajstić information content (AvgIpc) is 2.83. The van der Waals surface area contributed by atoms with Crippen molar-refractivity contribution in [1.29, 1.82) is 0 Å².